The quantitative estimate of drug-likeness (QED) is 0.622. The smallest absolute Gasteiger partial charge is 0.257 e. The number of carbonyl (C=O) groups excluding carboxylic acids is 4. The summed E-state index contributed by atoms with van der Waals surface area (Å²) in [7, 11) is 0. The van der Waals surface area contributed by atoms with E-state index in [-0.39, 0.29) is 36.6 Å². The molecule has 1 heterocycles. The highest BCUT2D eigenvalue weighted by Crippen LogP contribution is 2.34. The summed E-state index contributed by atoms with van der Waals surface area (Å²) < 4.78 is 0. The van der Waals surface area contributed by atoms with Crippen LogP contribution in [0.25, 0.3) is 0 Å². The molecule has 26 heavy (non-hydrogen) atoms. The molecule has 136 valence electrons. The molecule has 0 aromatic heterocycles. The summed E-state index contributed by atoms with van der Waals surface area (Å²) in [5, 5.41) is 2.63. The molecular formula is C19H21N3O4. The number of nitrogens with zero attached hydrogens (tertiary/aromatic N) is 2. The van der Waals surface area contributed by atoms with Gasteiger partial charge in [-0.15, -0.1) is 6.58 Å². The first kappa shape index (κ1) is 17.8. The third-order valence-electron chi connectivity index (χ3n) is 4.48. The summed E-state index contributed by atoms with van der Waals surface area (Å²) in [6.07, 6.45) is 3.20. The van der Waals surface area contributed by atoms with E-state index < -0.39 is 11.9 Å². The van der Waals surface area contributed by atoms with Crippen molar-refractivity contribution in [2.75, 3.05) is 16.8 Å². The lowest BCUT2D eigenvalue weighted by molar-refractivity contribution is -0.138. The van der Waals surface area contributed by atoms with Gasteiger partial charge in [0.15, 0.2) is 0 Å². The van der Waals surface area contributed by atoms with E-state index in [9.17, 15) is 19.2 Å². The van der Waals surface area contributed by atoms with Crippen molar-refractivity contribution in [2.45, 2.75) is 32.2 Å². The van der Waals surface area contributed by atoms with E-state index >= 15 is 0 Å². The molecule has 1 aliphatic carbocycles. The molecule has 1 atom stereocenters. The van der Waals surface area contributed by atoms with E-state index in [1.165, 1.54) is 11.8 Å². The second-order valence-electron chi connectivity index (χ2n) is 6.57. The van der Waals surface area contributed by atoms with E-state index in [1.54, 1.807) is 30.3 Å². The Bertz CT molecular complexity index is 767. The van der Waals surface area contributed by atoms with Crippen LogP contribution in [0, 0.1) is 5.92 Å². The van der Waals surface area contributed by atoms with Gasteiger partial charge in [0.2, 0.25) is 17.7 Å². The molecule has 1 saturated carbocycles. The van der Waals surface area contributed by atoms with Gasteiger partial charge in [0.1, 0.15) is 6.04 Å². The molecular weight excluding hydrogens is 334 g/mol. The molecule has 0 bridgehead atoms. The van der Waals surface area contributed by atoms with E-state index in [4.69, 9.17) is 0 Å². The molecule has 1 aromatic rings. The van der Waals surface area contributed by atoms with Gasteiger partial charge in [0.05, 0.1) is 12.1 Å². The molecule has 1 aromatic carbocycles. The first-order valence-electron chi connectivity index (χ1n) is 8.58. The van der Waals surface area contributed by atoms with Crippen LogP contribution in [0.3, 0.4) is 0 Å². The van der Waals surface area contributed by atoms with Crippen LogP contribution in [0.1, 0.15) is 26.2 Å². The highest BCUT2D eigenvalue weighted by Gasteiger charge is 2.46. The fraction of sp³-hybridized carbons (Fsp3) is 0.368. The van der Waals surface area contributed by atoms with Crippen LogP contribution in [0.5, 0.6) is 0 Å². The Morgan fingerprint density at radius 1 is 1.27 bits per heavy atom. The third kappa shape index (κ3) is 3.51. The van der Waals surface area contributed by atoms with Gasteiger partial charge >= 0.3 is 0 Å². The van der Waals surface area contributed by atoms with Crippen LogP contribution in [-0.4, -0.2) is 41.1 Å². The van der Waals surface area contributed by atoms with Gasteiger partial charge in [-0.25, -0.2) is 4.90 Å². The summed E-state index contributed by atoms with van der Waals surface area (Å²) in [6, 6.07) is 5.67. The van der Waals surface area contributed by atoms with Gasteiger partial charge in [-0.2, -0.15) is 0 Å². The summed E-state index contributed by atoms with van der Waals surface area (Å²) >= 11 is 0. The highest BCUT2D eigenvalue weighted by atomic mass is 16.2. The van der Waals surface area contributed by atoms with E-state index in [0.29, 0.717) is 11.4 Å². The molecule has 7 nitrogen and oxygen atoms in total. The lowest BCUT2D eigenvalue weighted by Gasteiger charge is -2.26. The summed E-state index contributed by atoms with van der Waals surface area (Å²) in [4.78, 5) is 51.4. The molecule has 0 radical (unpaired) electrons. The maximum absolute atomic E-state index is 12.8. The number of hydrogen-bond acceptors (Lipinski definition) is 4. The van der Waals surface area contributed by atoms with Crippen LogP contribution in [-0.2, 0) is 19.2 Å². The second kappa shape index (κ2) is 7.11. The monoisotopic (exact) mass is 355 g/mol. The number of amides is 4. The standard InChI is InChI=1S/C19H21N3O4/c1-3-10-21(18(25)13-4-5-13)16-11-17(24)22(19(16)26)15-8-6-14(7-9-15)20-12(2)23/h3,6-9,13,16H,1,4-5,10-11H2,2H3,(H,20,23). The van der Waals surface area contributed by atoms with Crippen molar-refractivity contribution in [3.05, 3.63) is 36.9 Å². The van der Waals surface area contributed by atoms with Gasteiger partial charge in [-0.3, -0.25) is 19.2 Å². The SMILES string of the molecule is C=CCN(C(=O)C1CC1)C1CC(=O)N(c2ccc(NC(C)=O)cc2)C1=O. The fourth-order valence-corrected chi connectivity index (χ4v) is 3.10. The average Bonchev–Trinajstić information content (AvgIpc) is 3.39. The van der Waals surface area contributed by atoms with Crippen molar-refractivity contribution in [2.24, 2.45) is 5.92 Å². The van der Waals surface area contributed by atoms with Gasteiger partial charge < -0.3 is 10.2 Å². The number of anilines is 2. The molecule has 1 unspecified atom stereocenters. The molecule has 0 spiro atoms. The molecule has 2 aliphatic rings. The summed E-state index contributed by atoms with van der Waals surface area (Å²) in [5.41, 5.74) is 1.00. The van der Waals surface area contributed by atoms with Crippen LogP contribution < -0.4 is 10.2 Å². The Kier molecular flexibility index (Phi) is 4.88. The molecule has 1 saturated heterocycles. The normalized spacial score (nSPS) is 19.4. The zero-order valence-electron chi connectivity index (χ0n) is 14.6. The van der Waals surface area contributed by atoms with Crippen molar-refractivity contribution in [3.63, 3.8) is 0 Å². The highest BCUT2D eigenvalue weighted by molar-refractivity contribution is 6.23. The number of nitrogens with one attached hydrogen (secondary N) is 1. The van der Waals surface area contributed by atoms with Crippen LogP contribution in [0.15, 0.2) is 36.9 Å². The summed E-state index contributed by atoms with van der Waals surface area (Å²) in [5.74, 6) is -1.07. The number of rotatable bonds is 6. The Labute approximate surface area is 151 Å². The van der Waals surface area contributed by atoms with E-state index in [1.807, 2.05) is 0 Å². The molecule has 1 aliphatic heterocycles. The number of carbonyl (C=O) groups is 4. The van der Waals surface area contributed by atoms with Crippen molar-refractivity contribution in [1.29, 1.82) is 0 Å². The average molecular weight is 355 g/mol. The Morgan fingerprint density at radius 2 is 1.92 bits per heavy atom. The summed E-state index contributed by atoms with van der Waals surface area (Å²) in [6.45, 7) is 5.29. The topological polar surface area (TPSA) is 86.8 Å². The first-order chi connectivity index (χ1) is 12.4. The van der Waals surface area contributed by atoms with Crippen LogP contribution in [0.4, 0.5) is 11.4 Å². The molecule has 3 rings (SSSR count). The number of imide groups is 1. The van der Waals surface area contributed by atoms with Gasteiger partial charge in [0, 0.05) is 25.1 Å². The lowest BCUT2D eigenvalue weighted by atomic mass is 10.2. The molecule has 7 heteroatoms. The van der Waals surface area contributed by atoms with Crippen molar-refractivity contribution >= 4 is 35.0 Å². The minimum atomic E-state index is -0.788. The minimum Gasteiger partial charge on any atom is -0.326 e. The fourth-order valence-electron chi connectivity index (χ4n) is 3.10. The van der Waals surface area contributed by atoms with E-state index in [2.05, 4.69) is 11.9 Å². The maximum atomic E-state index is 12.8. The van der Waals surface area contributed by atoms with Gasteiger partial charge in [-0.05, 0) is 37.1 Å². The first-order valence-corrected chi connectivity index (χ1v) is 8.58. The van der Waals surface area contributed by atoms with Gasteiger partial charge in [0.25, 0.3) is 5.91 Å². The predicted octanol–water partition coefficient (Wildman–Crippen LogP) is 1.70. The Balaban J connectivity index is 1.80. The zero-order valence-corrected chi connectivity index (χ0v) is 14.6. The Hall–Kier alpha value is -2.96. The molecule has 2 fully saturated rings. The second-order valence-corrected chi connectivity index (χ2v) is 6.57. The largest absolute Gasteiger partial charge is 0.326 e. The number of benzene rings is 1. The Morgan fingerprint density at radius 3 is 2.46 bits per heavy atom. The zero-order chi connectivity index (χ0) is 18.8. The molecule has 1 N–H and O–H groups in total. The lowest BCUT2D eigenvalue weighted by Crippen LogP contribution is -2.46. The van der Waals surface area contributed by atoms with Crippen LogP contribution >= 0.6 is 0 Å². The van der Waals surface area contributed by atoms with Crippen molar-refractivity contribution in [1.82, 2.24) is 4.90 Å². The maximum Gasteiger partial charge on any atom is 0.257 e. The van der Waals surface area contributed by atoms with Gasteiger partial charge in [-0.1, -0.05) is 6.08 Å². The van der Waals surface area contributed by atoms with Crippen molar-refractivity contribution in [3.8, 4) is 0 Å². The minimum absolute atomic E-state index is 0.0292. The van der Waals surface area contributed by atoms with E-state index in [0.717, 1.165) is 17.7 Å². The van der Waals surface area contributed by atoms with Crippen molar-refractivity contribution < 1.29 is 19.2 Å². The number of hydrogen-bond donors (Lipinski definition) is 1. The predicted molar refractivity (Wildman–Crippen MR) is 96.3 cm³/mol. The third-order valence-corrected chi connectivity index (χ3v) is 4.48. The van der Waals surface area contributed by atoms with Crippen LogP contribution in [0.2, 0.25) is 0 Å². The molecule has 4 amide bonds.